The second kappa shape index (κ2) is 7.09. The fraction of sp³-hybridized carbons (Fsp3) is 0.167. The maximum atomic E-state index is 12.9. The van der Waals surface area contributed by atoms with Crippen molar-refractivity contribution < 1.29 is 9.59 Å². The zero-order valence-electron chi connectivity index (χ0n) is 17.0. The van der Waals surface area contributed by atoms with Gasteiger partial charge in [0.05, 0.1) is 5.69 Å². The minimum atomic E-state index is -0.435. The van der Waals surface area contributed by atoms with Gasteiger partial charge in [-0.2, -0.15) is 0 Å². The van der Waals surface area contributed by atoms with Crippen LogP contribution in [0.25, 0.3) is 11.8 Å². The van der Waals surface area contributed by atoms with Crippen LogP contribution in [0.1, 0.15) is 28.1 Å². The van der Waals surface area contributed by atoms with Crippen molar-refractivity contribution in [2.45, 2.75) is 27.7 Å². The number of aromatic nitrogens is 1. The lowest BCUT2D eigenvalue weighted by Crippen LogP contribution is -2.30. The molecule has 0 bridgehead atoms. The molecule has 29 heavy (non-hydrogen) atoms. The molecular weight excluding hydrogens is 362 g/mol. The van der Waals surface area contributed by atoms with Crippen molar-refractivity contribution in [1.29, 1.82) is 0 Å². The third kappa shape index (κ3) is 3.25. The van der Waals surface area contributed by atoms with Crippen LogP contribution >= 0.6 is 0 Å². The summed E-state index contributed by atoms with van der Waals surface area (Å²) in [4.78, 5) is 26.4. The average molecular weight is 385 g/mol. The van der Waals surface area contributed by atoms with Gasteiger partial charge in [-0.1, -0.05) is 35.9 Å². The number of carbonyl (C=O) groups is 2. The zero-order valence-corrected chi connectivity index (χ0v) is 17.0. The third-order valence-corrected chi connectivity index (χ3v) is 5.26. The number of nitrogens with one attached hydrogen (secondary N) is 1. The van der Waals surface area contributed by atoms with Crippen LogP contribution in [0.5, 0.6) is 0 Å². The predicted octanol–water partition coefficient (Wildman–Crippen LogP) is 4.81. The number of carbonyl (C=O) groups excluding carboxylic acids is 2. The molecule has 1 N–H and O–H groups in total. The number of hydrogen-bond acceptors (Lipinski definition) is 2. The molecule has 2 heterocycles. The third-order valence-electron chi connectivity index (χ3n) is 5.26. The summed E-state index contributed by atoms with van der Waals surface area (Å²) >= 11 is 0. The molecule has 2 aromatic carbocycles. The van der Waals surface area contributed by atoms with Crippen LogP contribution in [-0.2, 0) is 4.79 Å². The second-order valence-corrected chi connectivity index (χ2v) is 7.42. The number of anilines is 1. The van der Waals surface area contributed by atoms with Gasteiger partial charge in [0.2, 0.25) is 0 Å². The Morgan fingerprint density at radius 2 is 1.62 bits per heavy atom. The number of amides is 3. The highest BCUT2D eigenvalue weighted by Gasteiger charge is 2.34. The van der Waals surface area contributed by atoms with Gasteiger partial charge in [0.15, 0.2) is 0 Å². The van der Waals surface area contributed by atoms with Gasteiger partial charge in [-0.15, -0.1) is 0 Å². The van der Waals surface area contributed by atoms with Crippen LogP contribution in [0.4, 0.5) is 10.5 Å². The van der Waals surface area contributed by atoms with Crippen molar-refractivity contribution in [1.82, 2.24) is 9.88 Å². The lowest BCUT2D eigenvalue weighted by Gasteiger charge is -2.13. The van der Waals surface area contributed by atoms with Gasteiger partial charge >= 0.3 is 6.03 Å². The van der Waals surface area contributed by atoms with Crippen LogP contribution in [0, 0.1) is 27.7 Å². The van der Waals surface area contributed by atoms with E-state index in [0.717, 1.165) is 27.5 Å². The van der Waals surface area contributed by atoms with Crippen LogP contribution in [0.3, 0.4) is 0 Å². The Hall–Kier alpha value is -3.60. The van der Waals surface area contributed by atoms with E-state index in [1.807, 2.05) is 26.0 Å². The highest BCUT2D eigenvalue weighted by atomic mass is 16.2. The SMILES string of the molecule is Cc1ccc(-n2c(C)cc(/C=C3\NC(=O)N(c4ccccc4)C3=O)c2C)c(C)c1. The Kier molecular flexibility index (Phi) is 4.59. The van der Waals surface area contributed by atoms with E-state index in [-0.39, 0.29) is 11.6 Å². The van der Waals surface area contributed by atoms with Crippen molar-refractivity contribution in [3.8, 4) is 5.69 Å². The van der Waals surface area contributed by atoms with Crippen molar-refractivity contribution in [2.24, 2.45) is 0 Å². The molecule has 1 aliphatic heterocycles. The highest BCUT2D eigenvalue weighted by molar-refractivity contribution is 6.28. The molecule has 0 atom stereocenters. The molecule has 0 spiro atoms. The summed E-state index contributed by atoms with van der Waals surface area (Å²) < 4.78 is 2.18. The van der Waals surface area contributed by atoms with Gasteiger partial charge in [0.25, 0.3) is 5.91 Å². The van der Waals surface area contributed by atoms with Crippen LogP contribution in [0.15, 0.2) is 60.3 Å². The van der Waals surface area contributed by atoms with Gasteiger partial charge in [0.1, 0.15) is 5.70 Å². The largest absolute Gasteiger partial charge is 0.333 e. The topological polar surface area (TPSA) is 54.3 Å². The first-order valence-electron chi connectivity index (χ1n) is 9.55. The number of urea groups is 1. The number of imide groups is 1. The standard InChI is InChI=1S/C24H23N3O2/c1-15-10-11-22(16(2)12-15)26-17(3)13-19(18(26)4)14-21-23(28)27(24(29)25-21)20-8-6-5-7-9-20/h5-14H,1-4H3,(H,25,29)/b21-14-. The van der Waals surface area contributed by atoms with E-state index in [1.165, 1.54) is 11.1 Å². The first kappa shape index (κ1) is 18.7. The molecule has 5 heteroatoms. The lowest BCUT2D eigenvalue weighted by atomic mass is 10.1. The lowest BCUT2D eigenvalue weighted by molar-refractivity contribution is -0.113. The van der Waals surface area contributed by atoms with E-state index < -0.39 is 6.03 Å². The normalized spacial score (nSPS) is 15.3. The molecule has 0 unspecified atom stereocenters. The first-order valence-corrected chi connectivity index (χ1v) is 9.55. The number of benzene rings is 2. The maximum absolute atomic E-state index is 12.9. The molecule has 0 saturated carbocycles. The zero-order chi connectivity index (χ0) is 20.7. The summed E-state index contributed by atoms with van der Waals surface area (Å²) in [6.07, 6.45) is 1.76. The molecule has 1 saturated heterocycles. The average Bonchev–Trinajstić information content (AvgIpc) is 3.11. The van der Waals surface area contributed by atoms with E-state index in [2.05, 4.69) is 41.9 Å². The number of hydrogen-bond donors (Lipinski definition) is 1. The highest BCUT2D eigenvalue weighted by Crippen LogP contribution is 2.27. The van der Waals surface area contributed by atoms with Gasteiger partial charge in [-0.05, 0) is 69.2 Å². The number of rotatable bonds is 3. The fourth-order valence-electron chi connectivity index (χ4n) is 3.86. The quantitative estimate of drug-likeness (QED) is 0.520. The summed E-state index contributed by atoms with van der Waals surface area (Å²) in [5.74, 6) is -0.350. The van der Waals surface area contributed by atoms with Gasteiger partial charge in [0, 0.05) is 17.1 Å². The summed E-state index contributed by atoms with van der Waals surface area (Å²) in [7, 11) is 0. The summed E-state index contributed by atoms with van der Waals surface area (Å²) in [6.45, 7) is 8.24. The number of aryl methyl sites for hydroxylation is 3. The summed E-state index contributed by atoms with van der Waals surface area (Å²) in [6, 6.07) is 16.9. The molecule has 5 nitrogen and oxygen atoms in total. The minimum Gasteiger partial charge on any atom is -0.318 e. The monoisotopic (exact) mass is 385 g/mol. The Labute approximate surface area is 170 Å². The summed E-state index contributed by atoms with van der Waals surface area (Å²) in [5, 5.41) is 2.70. The van der Waals surface area contributed by atoms with Gasteiger partial charge in [-0.25, -0.2) is 9.69 Å². The van der Waals surface area contributed by atoms with Crippen molar-refractivity contribution in [3.05, 3.63) is 88.4 Å². The van der Waals surface area contributed by atoms with E-state index in [1.54, 1.807) is 30.3 Å². The Bertz CT molecular complexity index is 1160. The Morgan fingerprint density at radius 3 is 2.31 bits per heavy atom. The Balaban J connectivity index is 1.73. The minimum absolute atomic E-state index is 0.278. The fourth-order valence-corrected chi connectivity index (χ4v) is 3.86. The van der Waals surface area contributed by atoms with Crippen molar-refractivity contribution in [2.75, 3.05) is 4.90 Å². The van der Waals surface area contributed by atoms with Crippen LogP contribution in [-0.4, -0.2) is 16.5 Å². The van der Waals surface area contributed by atoms with E-state index >= 15 is 0 Å². The summed E-state index contributed by atoms with van der Waals surface area (Å²) in [5.41, 5.74) is 7.34. The predicted molar refractivity (Wildman–Crippen MR) is 115 cm³/mol. The molecular formula is C24H23N3O2. The molecule has 0 radical (unpaired) electrons. The van der Waals surface area contributed by atoms with Gasteiger partial charge in [-0.3, -0.25) is 4.79 Å². The molecule has 0 aliphatic carbocycles. The molecule has 3 aromatic rings. The number of nitrogens with zero attached hydrogens (tertiary/aromatic N) is 2. The van der Waals surface area contributed by atoms with E-state index in [0.29, 0.717) is 5.69 Å². The van der Waals surface area contributed by atoms with Gasteiger partial charge < -0.3 is 9.88 Å². The molecule has 146 valence electrons. The second-order valence-electron chi connectivity index (χ2n) is 7.42. The molecule has 1 aromatic heterocycles. The smallest absolute Gasteiger partial charge is 0.318 e. The van der Waals surface area contributed by atoms with Crippen LogP contribution < -0.4 is 10.2 Å². The van der Waals surface area contributed by atoms with E-state index in [9.17, 15) is 9.59 Å². The molecule has 3 amide bonds. The number of para-hydroxylation sites is 1. The van der Waals surface area contributed by atoms with E-state index in [4.69, 9.17) is 0 Å². The van der Waals surface area contributed by atoms with Crippen LogP contribution in [0.2, 0.25) is 0 Å². The van der Waals surface area contributed by atoms with Crippen molar-refractivity contribution >= 4 is 23.7 Å². The molecule has 1 aliphatic rings. The van der Waals surface area contributed by atoms with Crippen molar-refractivity contribution in [3.63, 3.8) is 0 Å². The Morgan fingerprint density at radius 1 is 0.897 bits per heavy atom. The first-order chi connectivity index (χ1) is 13.9. The molecule has 1 fully saturated rings. The maximum Gasteiger partial charge on any atom is 0.333 e. The molecule has 4 rings (SSSR count).